The van der Waals surface area contributed by atoms with E-state index in [4.69, 9.17) is 9.47 Å². The monoisotopic (exact) mass is 438 g/mol. The molecule has 3 aromatic carbocycles. The van der Waals surface area contributed by atoms with Crippen molar-refractivity contribution < 1.29 is 27.8 Å². The summed E-state index contributed by atoms with van der Waals surface area (Å²) in [6.45, 7) is 0. The fraction of sp³-hybridized carbons (Fsp3) is 0.0833. The molecule has 0 aliphatic rings. The van der Waals surface area contributed by atoms with Gasteiger partial charge in [-0.25, -0.2) is 8.78 Å². The summed E-state index contributed by atoms with van der Waals surface area (Å²) >= 11 is 0. The van der Waals surface area contributed by atoms with Gasteiger partial charge in [0.1, 0.15) is 28.7 Å². The second-order valence-electron chi connectivity index (χ2n) is 6.50. The summed E-state index contributed by atoms with van der Waals surface area (Å²) in [6.07, 6.45) is 0.861. The molecule has 2 amide bonds. The molecule has 0 fully saturated rings. The molecule has 164 valence electrons. The minimum absolute atomic E-state index is 0.282. The van der Waals surface area contributed by atoms with Crippen LogP contribution in [-0.4, -0.2) is 26.0 Å². The van der Waals surface area contributed by atoms with Gasteiger partial charge in [-0.05, 0) is 42.5 Å². The van der Waals surface area contributed by atoms with E-state index in [2.05, 4.69) is 10.6 Å². The van der Waals surface area contributed by atoms with Gasteiger partial charge in [-0.15, -0.1) is 0 Å². The maximum absolute atomic E-state index is 14.2. The number of para-hydroxylation sites is 4. The van der Waals surface area contributed by atoms with Gasteiger partial charge in [-0.2, -0.15) is 0 Å². The van der Waals surface area contributed by atoms with Crippen LogP contribution in [0.2, 0.25) is 0 Å². The highest BCUT2D eigenvalue weighted by Crippen LogP contribution is 2.26. The van der Waals surface area contributed by atoms with E-state index >= 15 is 0 Å². The molecule has 0 saturated carbocycles. The van der Waals surface area contributed by atoms with Gasteiger partial charge in [0.25, 0.3) is 11.8 Å². The van der Waals surface area contributed by atoms with Crippen molar-refractivity contribution >= 4 is 29.3 Å². The molecule has 0 spiro atoms. The molecular formula is C24H20F2N2O4. The van der Waals surface area contributed by atoms with E-state index in [0.717, 1.165) is 18.2 Å². The van der Waals surface area contributed by atoms with Crippen LogP contribution < -0.4 is 20.1 Å². The van der Waals surface area contributed by atoms with Crippen LogP contribution >= 0.6 is 0 Å². The number of ether oxygens (including phenoxy) is 2. The third kappa shape index (κ3) is 5.10. The number of carbonyl (C=O) groups excluding carboxylic acids is 2. The standard InChI is InChI=1S/C24H20F2N2O4/c1-31-21-12-5-3-10-19(21)27-23(29)16(14-15-17(25)8-7-9-18(15)26)24(30)28-20-11-4-6-13-22(20)32-2/h3-14H,1-2H3,(H,27,29)(H,28,30). The van der Waals surface area contributed by atoms with Crippen molar-refractivity contribution in [3.63, 3.8) is 0 Å². The highest BCUT2D eigenvalue weighted by atomic mass is 19.1. The number of methoxy groups -OCH3 is 2. The molecular weight excluding hydrogens is 418 g/mol. The molecule has 3 rings (SSSR count). The van der Waals surface area contributed by atoms with Crippen LogP contribution in [-0.2, 0) is 9.59 Å². The molecule has 0 unspecified atom stereocenters. The van der Waals surface area contributed by atoms with Crippen LogP contribution in [0.1, 0.15) is 5.56 Å². The zero-order valence-electron chi connectivity index (χ0n) is 17.3. The van der Waals surface area contributed by atoms with Crippen molar-refractivity contribution in [2.75, 3.05) is 24.9 Å². The highest BCUT2D eigenvalue weighted by Gasteiger charge is 2.22. The second kappa shape index (κ2) is 10.2. The maximum Gasteiger partial charge on any atom is 0.261 e. The average molecular weight is 438 g/mol. The summed E-state index contributed by atoms with van der Waals surface area (Å²) in [6, 6.07) is 16.3. The van der Waals surface area contributed by atoms with Gasteiger partial charge >= 0.3 is 0 Å². The molecule has 2 N–H and O–H groups in total. The number of carbonyl (C=O) groups is 2. The Morgan fingerprint density at radius 3 is 1.59 bits per heavy atom. The van der Waals surface area contributed by atoms with E-state index in [-0.39, 0.29) is 11.4 Å². The van der Waals surface area contributed by atoms with Gasteiger partial charge < -0.3 is 20.1 Å². The Morgan fingerprint density at radius 1 is 0.719 bits per heavy atom. The van der Waals surface area contributed by atoms with E-state index in [1.807, 2.05) is 0 Å². The molecule has 0 heterocycles. The lowest BCUT2D eigenvalue weighted by Gasteiger charge is -2.14. The van der Waals surface area contributed by atoms with Crippen molar-refractivity contribution in [2.24, 2.45) is 0 Å². The number of rotatable bonds is 7. The quantitative estimate of drug-likeness (QED) is 0.320. The van der Waals surface area contributed by atoms with Crippen molar-refractivity contribution in [1.82, 2.24) is 0 Å². The van der Waals surface area contributed by atoms with Gasteiger partial charge in [-0.1, -0.05) is 30.3 Å². The first-order chi connectivity index (χ1) is 15.4. The number of nitrogens with one attached hydrogen (secondary N) is 2. The van der Waals surface area contributed by atoms with Gasteiger partial charge in [0.05, 0.1) is 25.6 Å². The zero-order chi connectivity index (χ0) is 23.1. The van der Waals surface area contributed by atoms with Crippen molar-refractivity contribution in [3.05, 3.63) is 89.5 Å². The summed E-state index contributed by atoms with van der Waals surface area (Å²) in [5, 5.41) is 5.09. The summed E-state index contributed by atoms with van der Waals surface area (Å²) in [5.74, 6) is -2.91. The van der Waals surface area contributed by atoms with E-state index in [0.29, 0.717) is 11.5 Å². The smallest absolute Gasteiger partial charge is 0.261 e. The average Bonchev–Trinajstić information content (AvgIpc) is 2.79. The number of amides is 2. The Labute approximate surface area is 183 Å². The summed E-state index contributed by atoms with van der Waals surface area (Å²) in [4.78, 5) is 26.0. The first kappa shape index (κ1) is 22.5. The molecule has 8 heteroatoms. The van der Waals surface area contributed by atoms with E-state index in [9.17, 15) is 18.4 Å². The lowest BCUT2D eigenvalue weighted by molar-refractivity contribution is -0.118. The SMILES string of the molecule is COc1ccccc1NC(=O)C(=Cc1c(F)cccc1F)C(=O)Nc1ccccc1OC. The van der Waals surface area contributed by atoms with Gasteiger partial charge in [0.15, 0.2) is 0 Å². The summed E-state index contributed by atoms with van der Waals surface area (Å²) in [5.41, 5.74) is -0.478. The fourth-order valence-electron chi connectivity index (χ4n) is 2.90. The fourth-order valence-corrected chi connectivity index (χ4v) is 2.90. The second-order valence-corrected chi connectivity index (χ2v) is 6.50. The molecule has 0 aliphatic heterocycles. The van der Waals surface area contributed by atoms with Crippen molar-refractivity contribution in [1.29, 1.82) is 0 Å². The van der Waals surface area contributed by atoms with Crippen molar-refractivity contribution in [2.45, 2.75) is 0 Å². The molecule has 0 aliphatic carbocycles. The van der Waals surface area contributed by atoms with Gasteiger partial charge in [0, 0.05) is 5.56 Å². The minimum atomic E-state index is -0.919. The number of hydrogen-bond acceptors (Lipinski definition) is 4. The molecule has 0 radical (unpaired) electrons. The topological polar surface area (TPSA) is 76.7 Å². The summed E-state index contributed by atoms with van der Waals surface area (Å²) in [7, 11) is 2.84. The predicted octanol–water partition coefficient (Wildman–Crippen LogP) is 4.64. The molecule has 0 saturated heterocycles. The third-order valence-corrected chi connectivity index (χ3v) is 4.49. The van der Waals surface area contributed by atoms with Crippen LogP contribution in [0.5, 0.6) is 11.5 Å². The number of halogens is 2. The van der Waals surface area contributed by atoms with E-state index in [1.165, 1.54) is 20.3 Å². The molecule has 3 aromatic rings. The zero-order valence-corrected chi connectivity index (χ0v) is 17.3. The Hall–Kier alpha value is -4.20. The van der Waals surface area contributed by atoms with Crippen LogP contribution in [0.4, 0.5) is 20.2 Å². The van der Waals surface area contributed by atoms with Gasteiger partial charge in [0.2, 0.25) is 0 Å². The largest absolute Gasteiger partial charge is 0.495 e. The first-order valence-electron chi connectivity index (χ1n) is 9.49. The van der Waals surface area contributed by atoms with Crippen LogP contribution in [0.25, 0.3) is 6.08 Å². The Bertz CT molecular complexity index is 1090. The maximum atomic E-state index is 14.2. The highest BCUT2D eigenvalue weighted by molar-refractivity contribution is 6.29. The van der Waals surface area contributed by atoms with E-state index < -0.39 is 34.6 Å². The number of benzene rings is 3. The molecule has 0 atom stereocenters. The third-order valence-electron chi connectivity index (χ3n) is 4.49. The number of anilines is 2. The molecule has 32 heavy (non-hydrogen) atoms. The Balaban J connectivity index is 2.02. The van der Waals surface area contributed by atoms with Gasteiger partial charge in [-0.3, -0.25) is 9.59 Å². The summed E-state index contributed by atoms with van der Waals surface area (Å²) < 4.78 is 38.9. The van der Waals surface area contributed by atoms with Crippen molar-refractivity contribution in [3.8, 4) is 11.5 Å². The molecule has 6 nitrogen and oxygen atoms in total. The Morgan fingerprint density at radius 2 is 1.16 bits per heavy atom. The van der Waals surface area contributed by atoms with Crippen LogP contribution in [0.3, 0.4) is 0 Å². The predicted molar refractivity (Wildman–Crippen MR) is 118 cm³/mol. The first-order valence-corrected chi connectivity index (χ1v) is 9.49. The Kier molecular flexibility index (Phi) is 7.17. The lowest BCUT2D eigenvalue weighted by atomic mass is 10.1. The molecule has 0 aromatic heterocycles. The van der Waals surface area contributed by atoms with Crippen LogP contribution in [0.15, 0.2) is 72.3 Å². The lowest BCUT2D eigenvalue weighted by Crippen LogP contribution is -2.26. The normalized spacial score (nSPS) is 10.1. The van der Waals surface area contributed by atoms with Crippen LogP contribution in [0, 0.1) is 11.6 Å². The molecule has 0 bridgehead atoms. The minimum Gasteiger partial charge on any atom is -0.495 e. The van der Waals surface area contributed by atoms with E-state index in [1.54, 1.807) is 48.5 Å². The number of hydrogen-bond donors (Lipinski definition) is 2.